The zero-order valence-electron chi connectivity index (χ0n) is 8.45. The van der Waals surface area contributed by atoms with Gasteiger partial charge in [0.2, 0.25) is 0 Å². The standard InChI is InChI=1S/C9H17NO4/c1-12-4-2-5-14-9(11)8-7-10-3-6-13-8/h8,10H,2-7H2,1H3. The number of rotatable bonds is 5. The molecule has 1 unspecified atom stereocenters. The van der Waals surface area contributed by atoms with Crippen LogP contribution in [0, 0.1) is 0 Å². The maximum absolute atomic E-state index is 11.3. The molecule has 0 saturated carbocycles. The van der Waals surface area contributed by atoms with Crippen LogP contribution in [0.3, 0.4) is 0 Å². The lowest BCUT2D eigenvalue weighted by molar-refractivity contribution is -0.158. The Morgan fingerprint density at radius 2 is 2.43 bits per heavy atom. The lowest BCUT2D eigenvalue weighted by Crippen LogP contribution is -2.43. The van der Waals surface area contributed by atoms with Crippen molar-refractivity contribution < 1.29 is 19.0 Å². The van der Waals surface area contributed by atoms with Crippen LogP contribution < -0.4 is 5.32 Å². The maximum atomic E-state index is 11.3. The van der Waals surface area contributed by atoms with Crippen LogP contribution in [0.2, 0.25) is 0 Å². The summed E-state index contributed by atoms with van der Waals surface area (Å²) in [5.74, 6) is -0.284. The summed E-state index contributed by atoms with van der Waals surface area (Å²) in [6.07, 6.45) is 0.286. The summed E-state index contributed by atoms with van der Waals surface area (Å²) in [5.41, 5.74) is 0. The van der Waals surface area contributed by atoms with E-state index in [-0.39, 0.29) is 5.97 Å². The van der Waals surface area contributed by atoms with Crippen LogP contribution in [0.4, 0.5) is 0 Å². The van der Waals surface area contributed by atoms with Gasteiger partial charge in [-0.05, 0) is 0 Å². The molecule has 1 atom stereocenters. The van der Waals surface area contributed by atoms with Crippen molar-refractivity contribution in [1.29, 1.82) is 0 Å². The number of hydrogen-bond donors (Lipinski definition) is 1. The highest BCUT2D eigenvalue weighted by Crippen LogP contribution is 1.99. The molecule has 5 nitrogen and oxygen atoms in total. The van der Waals surface area contributed by atoms with Gasteiger partial charge < -0.3 is 19.5 Å². The summed E-state index contributed by atoms with van der Waals surface area (Å²) in [6, 6.07) is 0. The smallest absolute Gasteiger partial charge is 0.336 e. The summed E-state index contributed by atoms with van der Waals surface area (Å²) in [5, 5.41) is 3.07. The van der Waals surface area contributed by atoms with Crippen LogP contribution in [0.15, 0.2) is 0 Å². The van der Waals surface area contributed by atoms with Gasteiger partial charge in [-0.15, -0.1) is 0 Å². The van der Waals surface area contributed by atoms with Crippen molar-refractivity contribution in [2.75, 3.05) is 40.0 Å². The van der Waals surface area contributed by atoms with Gasteiger partial charge in [-0.2, -0.15) is 0 Å². The van der Waals surface area contributed by atoms with E-state index in [1.54, 1.807) is 7.11 Å². The molecular weight excluding hydrogens is 186 g/mol. The molecule has 1 saturated heterocycles. The Labute approximate surface area is 83.7 Å². The van der Waals surface area contributed by atoms with Gasteiger partial charge in [0.05, 0.1) is 13.2 Å². The summed E-state index contributed by atoms with van der Waals surface area (Å²) in [6.45, 7) is 2.91. The SMILES string of the molecule is COCCCOC(=O)C1CNCCO1. The molecule has 1 N–H and O–H groups in total. The van der Waals surface area contributed by atoms with E-state index in [9.17, 15) is 4.79 Å². The molecule has 0 aromatic carbocycles. The molecule has 82 valence electrons. The van der Waals surface area contributed by atoms with Crippen LogP contribution in [0.25, 0.3) is 0 Å². The lowest BCUT2D eigenvalue weighted by Gasteiger charge is -2.21. The molecule has 1 aliphatic rings. The number of carbonyl (C=O) groups excluding carboxylic acids is 1. The molecule has 14 heavy (non-hydrogen) atoms. The summed E-state index contributed by atoms with van der Waals surface area (Å²) in [7, 11) is 1.62. The topological polar surface area (TPSA) is 56.8 Å². The average Bonchev–Trinajstić information content (AvgIpc) is 2.25. The first-order valence-corrected chi connectivity index (χ1v) is 4.82. The zero-order chi connectivity index (χ0) is 10.2. The van der Waals surface area contributed by atoms with Crippen molar-refractivity contribution in [2.45, 2.75) is 12.5 Å². The molecule has 5 heteroatoms. The number of carbonyl (C=O) groups is 1. The highest BCUT2D eigenvalue weighted by Gasteiger charge is 2.22. The fourth-order valence-electron chi connectivity index (χ4n) is 1.19. The van der Waals surface area contributed by atoms with E-state index in [2.05, 4.69) is 5.32 Å². The second-order valence-electron chi connectivity index (χ2n) is 3.08. The molecule has 0 aromatic heterocycles. The highest BCUT2D eigenvalue weighted by atomic mass is 16.6. The number of methoxy groups -OCH3 is 1. The molecule has 0 spiro atoms. The van der Waals surface area contributed by atoms with Gasteiger partial charge in [0.15, 0.2) is 6.10 Å². The van der Waals surface area contributed by atoms with Gasteiger partial charge in [-0.25, -0.2) is 4.79 Å². The Bertz CT molecular complexity index is 168. The largest absolute Gasteiger partial charge is 0.464 e. The molecule has 1 rings (SSSR count). The van der Waals surface area contributed by atoms with E-state index in [4.69, 9.17) is 14.2 Å². The predicted octanol–water partition coefficient (Wildman–Crippen LogP) is -0.445. The summed E-state index contributed by atoms with van der Waals surface area (Å²) in [4.78, 5) is 11.3. The van der Waals surface area contributed by atoms with Crippen LogP contribution in [-0.2, 0) is 19.0 Å². The third kappa shape index (κ3) is 4.04. The van der Waals surface area contributed by atoms with Gasteiger partial charge in [-0.1, -0.05) is 0 Å². The average molecular weight is 203 g/mol. The quantitative estimate of drug-likeness (QED) is 0.484. The number of hydrogen-bond acceptors (Lipinski definition) is 5. The van der Waals surface area contributed by atoms with Crippen molar-refractivity contribution in [2.24, 2.45) is 0 Å². The minimum atomic E-state index is -0.439. The maximum Gasteiger partial charge on any atom is 0.336 e. The second-order valence-corrected chi connectivity index (χ2v) is 3.08. The van der Waals surface area contributed by atoms with E-state index >= 15 is 0 Å². The zero-order valence-corrected chi connectivity index (χ0v) is 8.45. The number of nitrogens with one attached hydrogen (secondary N) is 1. The molecule has 1 fully saturated rings. The number of morpholine rings is 1. The Balaban J connectivity index is 2.07. The third-order valence-electron chi connectivity index (χ3n) is 1.93. The van der Waals surface area contributed by atoms with Crippen LogP contribution in [0.1, 0.15) is 6.42 Å². The van der Waals surface area contributed by atoms with Crippen LogP contribution in [0.5, 0.6) is 0 Å². The van der Waals surface area contributed by atoms with E-state index in [0.29, 0.717) is 26.4 Å². The third-order valence-corrected chi connectivity index (χ3v) is 1.93. The monoisotopic (exact) mass is 203 g/mol. The first kappa shape index (κ1) is 11.4. The van der Waals surface area contributed by atoms with Gasteiger partial charge in [-0.3, -0.25) is 0 Å². The fraction of sp³-hybridized carbons (Fsp3) is 0.889. The van der Waals surface area contributed by atoms with Crippen molar-refractivity contribution in [3.8, 4) is 0 Å². The Hall–Kier alpha value is -0.650. The fourth-order valence-corrected chi connectivity index (χ4v) is 1.19. The highest BCUT2D eigenvalue weighted by molar-refractivity contribution is 5.75. The molecular formula is C9H17NO4. The molecule has 0 aliphatic carbocycles. The minimum absolute atomic E-state index is 0.284. The number of ether oxygens (including phenoxy) is 3. The van der Waals surface area contributed by atoms with Crippen molar-refractivity contribution in [3.05, 3.63) is 0 Å². The van der Waals surface area contributed by atoms with E-state index < -0.39 is 6.10 Å². The van der Waals surface area contributed by atoms with Gasteiger partial charge in [0.25, 0.3) is 0 Å². The van der Waals surface area contributed by atoms with Crippen molar-refractivity contribution in [3.63, 3.8) is 0 Å². The first-order valence-electron chi connectivity index (χ1n) is 4.82. The molecule has 0 radical (unpaired) electrons. The van der Waals surface area contributed by atoms with Gasteiger partial charge in [0, 0.05) is 33.2 Å². The summed E-state index contributed by atoms with van der Waals surface area (Å²) < 4.78 is 15.1. The van der Waals surface area contributed by atoms with Gasteiger partial charge >= 0.3 is 5.97 Å². The molecule has 1 heterocycles. The van der Waals surface area contributed by atoms with E-state index in [1.165, 1.54) is 0 Å². The van der Waals surface area contributed by atoms with E-state index in [1.807, 2.05) is 0 Å². The van der Waals surface area contributed by atoms with Crippen molar-refractivity contribution in [1.82, 2.24) is 5.32 Å². The van der Waals surface area contributed by atoms with Crippen LogP contribution in [-0.4, -0.2) is 52.1 Å². The van der Waals surface area contributed by atoms with Crippen molar-refractivity contribution >= 4 is 5.97 Å². The lowest BCUT2D eigenvalue weighted by atomic mass is 10.3. The van der Waals surface area contributed by atoms with Crippen LogP contribution >= 0.6 is 0 Å². The molecule has 0 amide bonds. The Morgan fingerprint density at radius 1 is 1.57 bits per heavy atom. The Morgan fingerprint density at radius 3 is 3.07 bits per heavy atom. The Kier molecular flexibility index (Phi) is 5.51. The second kappa shape index (κ2) is 6.75. The van der Waals surface area contributed by atoms with Gasteiger partial charge in [0.1, 0.15) is 0 Å². The minimum Gasteiger partial charge on any atom is -0.464 e. The normalized spacial score (nSPS) is 21.9. The first-order chi connectivity index (χ1) is 6.84. The predicted molar refractivity (Wildman–Crippen MR) is 50.1 cm³/mol. The molecule has 0 bridgehead atoms. The number of esters is 1. The summed E-state index contributed by atoms with van der Waals surface area (Å²) >= 11 is 0. The molecule has 0 aromatic rings. The molecule has 1 aliphatic heterocycles. The van der Waals surface area contributed by atoms with E-state index in [0.717, 1.165) is 13.0 Å².